The molecule has 1 aliphatic rings. The first-order chi connectivity index (χ1) is 14.3. The van der Waals surface area contributed by atoms with Gasteiger partial charge in [-0.1, -0.05) is 11.6 Å². The molecule has 2 heterocycles. The van der Waals surface area contributed by atoms with Crippen molar-refractivity contribution in [2.75, 3.05) is 30.3 Å². The predicted molar refractivity (Wildman–Crippen MR) is 140 cm³/mol. The van der Waals surface area contributed by atoms with E-state index in [1.54, 1.807) is 18.2 Å². The maximum Gasteiger partial charge on any atom is 0.335 e. The molecule has 0 saturated carbocycles. The fourth-order valence-corrected chi connectivity index (χ4v) is 3.69. The Labute approximate surface area is 217 Å². The van der Waals surface area contributed by atoms with Crippen molar-refractivity contribution in [3.63, 3.8) is 0 Å². The van der Waals surface area contributed by atoms with Crippen LogP contribution in [-0.4, -0.2) is 52.5 Å². The number of hydrogen-bond donors (Lipinski definition) is 3. The SMILES string of the molecule is CC(C)N1CCC(CNc2ccc(C(=O)O)cc2C(=O)Nc2ccc(Cl)cn2)CC1.Cl.Cl.Cl. The van der Waals surface area contributed by atoms with Crippen molar-refractivity contribution in [1.29, 1.82) is 0 Å². The van der Waals surface area contributed by atoms with Gasteiger partial charge in [0.15, 0.2) is 0 Å². The van der Waals surface area contributed by atoms with E-state index in [0.29, 0.717) is 28.5 Å². The zero-order valence-electron chi connectivity index (χ0n) is 18.4. The topological polar surface area (TPSA) is 94.6 Å². The molecule has 3 rings (SSSR count). The largest absolute Gasteiger partial charge is 0.478 e. The third-order valence-electron chi connectivity index (χ3n) is 5.44. The first-order valence-corrected chi connectivity index (χ1v) is 10.5. The molecule has 0 aliphatic carbocycles. The van der Waals surface area contributed by atoms with Crippen LogP contribution in [0.25, 0.3) is 0 Å². The number of anilines is 2. The van der Waals surface area contributed by atoms with Gasteiger partial charge in [0, 0.05) is 24.5 Å². The summed E-state index contributed by atoms with van der Waals surface area (Å²) in [5.41, 5.74) is 0.934. The number of piperidine rings is 1. The van der Waals surface area contributed by atoms with Crippen LogP contribution in [0, 0.1) is 5.92 Å². The fourth-order valence-electron chi connectivity index (χ4n) is 3.58. The summed E-state index contributed by atoms with van der Waals surface area (Å²) in [6.45, 7) is 7.29. The highest BCUT2D eigenvalue weighted by Gasteiger charge is 2.22. The van der Waals surface area contributed by atoms with Gasteiger partial charge in [0.1, 0.15) is 5.82 Å². The Bertz CT molecular complexity index is 905. The fraction of sp³-hybridized carbons (Fsp3) is 0.409. The number of halogens is 4. The lowest BCUT2D eigenvalue weighted by atomic mass is 9.95. The van der Waals surface area contributed by atoms with E-state index in [0.717, 1.165) is 32.5 Å². The Morgan fingerprint density at radius 1 is 1.15 bits per heavy atom. The summed E-state index contributed by atoms with van der Waals surface area (Å²) in [5, 5.41) is 15.8. The lowest BCUT2D eigenvalue weighted by Crippen LogP contribution is -2.39. The predicted octanol–water partition coefficient (Wildman–Crippen LogP) is 5.48. The van der Waals surface area contributed by atoms with Gasteiger partial charge in [-0.25, -0.2) is 9.78 Å². The molecule has 7 nitrogen and oxygen atoms in total. The lowest BCUT2D eigenvalue weighted by Gasteiger charge is -2.34. The summed E-state index contributed by atoms with van der Waals surface area (Å²) in [5.74, 6) is -0.656. The van der Waals surface area contributed by atoms with Crippen LogP contribution in [0.3, 0.4) is 0 Å². The summed E-state index contributed by atoms with van der Waals surface area (Å²) in [4.78, 5) is 30.8. The first-order valence-electron chi connectivity index (χ1n) is 10.1. The number of rotatable bonds is 7. The molecule has 33 heavy (non-hydrogen) atoms. The minimum Gasteiger partial charge on any atom is -0.478 e. The van der Waals surface area contributed by atoms with Crippen LogP contribution in [0.5, 0.6) is 0 Å². The highest BCUT2D eigenvalue weighted by molar-refractivity contribution is 6.30. The van der Waals surface area contributed by atoms with Crippen molar-refractivity contribution < 1.29 is 14.7 Å². The average molecular weight is 540 g/mol. The summed E-state index contributed by atoms with van der Waals surface area (Å²) in [6.07, 6.45) is 3.62. The number of benzene rings is 1. The molecule has 1 fully saturated rings. The van der Waals surface area contributed by atoms with Gasteiger partial charge in [0.25, 0.3) is 5.91 Å². The smallest absolute Gasteiger partial charge is 0.335 e. The molecule has 0 spiro atoms. The number of carboxylic acids is 1. The van der Waals surface area contributed by atoms with Crippen molar-refractivity contribution >= 4 is 72.2 Å². The van der Waals surface area contributed by atoms with Crippen LogP contribution in [-0.2, 0) is 0 Å². The van der Waals surface area contributed by atoms with E-state index in [9.17, 15) is 14.7 Å². The molecule has 2 aromatic rings. The third-order valence-corrected chi connectivity index (χ3v) is 5.66. The van der Waals surface area contributed by atoms with E-state index >= 15 is 0 Å². The zero-order chi connectivity index (χ0) is 21.7. The molecule has 1 saturated heterocycles. The van der Waals surface area contributed by atoms with E-state index in [4.69, 9.17) is 11.6 Å². The molecule has 1 aliphatic heterocycles. The number of nitrogens with zero attached hydrogens (tertiary/aromatic N) is 2. The summed E-state index contributed by atoms with van der Waals surface area (Å²) < 4.78 is 0. The number of hydrogen-bond acceptors (Lipinski definition) is 5. The van der Waals surface area contributed by atoms with Crippen molar-refractivity contribution in [3.05, 3.63) is 52.7 Å². The van der Waals surface area contributed by atoms with Gasteiger partial charge in [0.05, 0.1) is 16.1 Å². The van der Waals surface area contributed by atoms with E-state index in [-0.39, 0.29) is 48.3 Å². The third kappa shape index (κ3) is 8.83. The van der Waals surface area contributed by atoms with Gasteiger partial charge in [0.2, 0.25) is 0 Å². The van der Waals surface area contributed by atoms with Crippen LogP contribution in [0.15, 0.2) is 36.5 Å². The van der Waals surface area contributed by atoms with Gasteiger partial charge in [-0.2, -0.15) is 0 Å². The molecule has 0 unspecified atom stereocenters. The van der Waals surface area contributed by atoms with Gasteiger partial charge in [-0.05, 0) is 76.0 Å². The Morgan fingerprint density at radius 2 is 1.82 bits per heavy atom. The van der Waals surface area contributed by atoms with Crippen molar-refractivity contribution in [1.82, 2.24) is 9.88 Å². The Hall–Kier alpha value is -1.77. The Morgan fingerprint density at radius 3 is 2.36 bits per heavy atom. The molecule has 184 valence electrons. The number of nitrogens with one attached hydrogen (secondary N) is 2. The molecule has 11 heteroatoms. The first kappa shape index (κ1) is 31.2. The maximum absolute atomic E-state index is 12.8. The second-order valence-electron chi connectivity index (χ2n) is 7.84. The van der Waals surface area contributed by atoms with E-state index in [1.807, 2.05) is 0 Å². The molecule has 1 aromatic heterocycles. The normalized spacial score (nSPS) is 13.8. The molecular weight excluding hydrogens is 510 g/mol. The highest BCUT2D eigenvalue weighted by Crippen LogP contribution is 2.23. The van der Waals surface area contributed by atoms with Gasteiger partial charge < -0.3 is 20.6 Å². The molecule has 0 radical (unpaired) electrons. The Kier molecular flexibility index (Phi) is 13.7. The van der Waals surface area contributed by atoms with Crippen molar-refractivity contribution in [2.45, 2.75) is 32.7 Å². The van der Waals surface area contributed by atoms with Crippen LogP contribution >= 0.6 is 48.8 Å². The van der Waals surface area contributed by atoms with Crippen molar-refractivity contribution in [3.8, 4) is 0 Å². The average Bonchev–Trinajstić information content (AvgIpc) is 2.74. The second-order valence-corrected chi connectivity index (χ2v) is 8.27. The number of aromatic carboxylic acids is 1. The number of likely N-dealkylation sites (tertiary alicyclic amines) is 1. The summed E-state index contributed by atoms with van der Waals surface area (Å²) in [6, 6.07) is 8.31. The Balaban J connectivity index is 0.00000341. The van der Waals surface area contributed by atoms with E-state index in [1.165, 1.54) is 18.3 Å². The van der Waals surface area contributed by atoms with Crippen LogP contribution < -0.4 is 10.6 Å². The lowest BCUT2D eigenvalue weighted by molar-refractivity contribution is 0.0697. The van der Waals surface area contributed by atoms with E-state index in [2.05, 4.69) is 34.4 Å². The number of pyridine rings is 1. The van der Waals surface area contributed by atoms with Gasteiger partial charge >= 0.3 is 5.97 Å². The van der Waals surface area contributed by atoms with Gasteiger partial charge in [-0.15, -0.1) is 37.2 Å². The molecule has 1 aromatic carbocycles. The minimum atomic E-state index is -1.08. The number of amides is 1. The highest BCUT2D eigenvalue weighted by atomic mass is 35.5. The minimum absolute atomic E-state index is 0. The molecule has 3 N–H and O–H groups in total. The standard InChI is InChI=1S/C22H27ClN4O3.3ClH/c1-14(2)27-9-7-15(8-10-27)12-24-19-5-3-16(22(29)30)11-18(19)21(28)26-20-6-4-17(23)13-25-20;;;/h3-6,11,13-15,24H,7-10,12H2,1-2H3,(H,29,30)(H,25,26,28);3*1H. The number of carbonyl (C=O) groups excluding carboxylic acids is 1. The van der Waals surface area contributed by atoms with Crippen LogP contribution in [0.4, 0.5) is 11.5 Å². The monoisotopic (exact) mass is 538 g/mol. The van der Waals surface area contributed by atoms with Crippen LogP contribution in [0.2, 0.25) is 5.02 Å². The molecule has 1 amide bonds. The van der Waals surface area contributed by atoms with Crippen molar-refractivity contribution in [2.24, 2.45) is 5.92 Å². The van der Waals surface area contributed by atoms with Gasteiger partial charge in [-0.3, -0.25) is 4.79 Å². The second kappa shape index (κ2) is 14.5. The quantitative estimate of drug-likeness (QED) is 0.431. The number of carboxylic acid groups (broad SMARTS) is 1. The maximum atomic E-state index is 12.8. The summed E-state index contributed by atoms with van der Waals surface area (Å²) >= 11 is 5.83. The number of aromatic nitrogens is 1. The summed E-state index contributed by atoms with van der Waals surface area (Å²) in [7, 11) is 0. The number of carbonyl (C=O) groups is 2. The van der Waals surface area contributed by atoms with Crippen LogP contribution in [0.1, 0.15) is 47.4 Å². The molecular formula is C22H30Cl4N4O3. The molecule has 0 bridgehead atoms. The molecule has 0 atom stereocenters. The zero-order valence-corrected chi connectivity index (χ0v) is 21.6. The van der Waals surface area contributed by atoms with E-state index < -0.39 is 11.9 Å².